The summed E-state index contributed by atoms with van der Waals surface area (Å²) in [5.41, 5.74) is 2.15. The summed E-state index contributed by atoms with van der Waals surface area (Å²) in [6.45, 7) is 2.30. The van der Waals surface area contributed by atoms with Crippen molar-refractivity contribution in [3.63, 3.8) is 0 Å². The molecule has 1 amide bonds. The lowest BCUT2D eigenvalue weighted by atomic mass is 9.96. The summed E-state index contributed by atoms with van der Waals surface area (Å²) in [5.74, 6) is 1.10. The van der Waals surface area contributed by atoms with Crippen molar-refractivity contribution in [2.75, 3.05) is 24.5 Å². The zero-order valence-corrected chi connectivity index (χ0v) is 15.7. The van der Waals surface area contributed by atoms with Crippen LogP contribution in [-0.2, 0) is 11.2 Å². The first kappa shape index (κ1) is 18.2. The quantitative estimate of drug-likeness (QED) is 0.714. The third kappa shape index (κ3) is 4.36. The van der Waals surface area contributed by atoms with Crippen LogP contribution in [0.5, 0.6) is 0 Å². The summed E-state index contributed by atoms with van der Waals surface area (Å²) in [6, 6.07) is 10.0. The van der Waals surface area contributed by atoms with Crippen LogP contribution in [0, 0.1) is 5.92 Å². The highest BCUT2D eigenvalue weighted by Gasteiger charge is 2.25. The normalized spacial score (nSPS) is 14.8. The maximum atomic E-state index is 12.5. The number of hydrogen-bond acceptors (Lipinski definition) is 5. The molecule has 1 aliphatic rings. The Morgan fingerprint density at radius 1 is 1.11 bits per heavy atom. The highest BCUT2D eigenvalue weighted by molar-refractivity contribution is 5.79. The highest BCUT2D eigenvalue weighted by Crippen LogP contribution is 2.21. The van der Waals surface area contributed by atoms with Crippen LogP contribution in [0.1, 0.15) is 18.4 Å². The summed E-state index contributed by atoms with van der Waals surface area (Å²) in [7, 11) is 0. The zero-order valence-electron chi connectivity index (χ0n) is 15.7. The zero-order chi connectivity index (χ0) is 19.2. The molecule has 3 heterocycles. The summed E-state index contributed by atoms with van der Waals surface area (Å²) in [5, 5.41) is 7.48. The van der Waals surface area contributed by atoms with Crippen molar-refractivity contribution in [1.29, 1.82) is 0 Å². The third-order valence-electron chi connectivity index (χ3n) is 5.11. The van der Waals surface area contributed by atoms with E-state index < -0.39 is 0 Å². The van der Waals surface area contributed by atoms with E-state index in [1.54, 1.807) is 18.6 Å². The van der Waals surface area contributed by atoms with E-state index in [0.717, 1.165) is 49.4 Å². The molecule has 0 radical (unpaired) electrons. The Balaban J connectivity index is 1.22. The van der Waals surface area contributed by atoms with Gasteiger partial charge in [-0.1, -0.05) is 18.2 Å². The maximum absolute atomic E-state index is 12.5. The Hall–Kier alpha value is -3.22. The van der Waals surface area contributed by atoms with Gasteiger partial charge in [-0.2, -0.15) is 5.10 Å². The second-order valence-corrected chi connectivity index (χ2v) is 6.99. The van der Waals surface area contributed by atoms with Crippen molar-refractivity contribution in [2.24, 2.45) is 5.92 Å². The molecule has 1 fully saturated rings. The van der Waals surface area contributed by atoms with E-state index in [1.807, 2.05) is 47.4 Å². The van der Waals surface area contributed by atoms with Crippen LogP contribution in [0.3, 0.4) is 0 Å². The number of nitrogens with one attached hydrogen (secondary N) is 1. The van der Waals surface area contributed by atoms with Gasteiger partial charge in [0.15, 0.2) is 0 Å². The maximum Gasteiger partial charge on any atom is 0.223 e. The number of amides is 1. The molecule has 1 saturated heterocycles. The first-order valence-electron chi connectivity index (χ1n) is 9.67. The lowest BCUT2D eigenvalue weighted by Crippen LogP contribution is -2.41. The molecule has 0 aliphatic carbocycles. The Labute approximate surface area is 164 Å². The van der Waals surface area contributed by atoms with Gasteiger partial charge < -0.3 is 10.2 Å². The van der Waals surface area contributed by atoms with E-state index in [9.17, 15) is 4.79 Å². The number of anilines is 1. The van der Waals surface area contributed by atoms with Crippen molar-refractivity contribution < 1.29 is 4.79 Å². The monoisotopic (exact) mass is 376 g/mol. The molecule has 0 saturated carbocycles. The molecular formula is C21H24N6O. The number of aromatic nitrogens is 4. The first-order chi connectivity index (χ1) is 13.8. The van der Waals surface area contributed by atoms with Gasteiger partial charge in [0.05, 0.1) is 18.1 Å². The minimum Gasteiger partial charge on any atom is -0.356 e. The number of rotatable bonds is 6. The molecule has 0 bridgehead atoms. The van der Waals surface area contributed by atoms with Gasteiger partial charge in [-0.25, -0.2) is 9.67 Å². The first-order valence-corrected chi connectivity index (χ1v) is 9.67. The molecule has 28 heavy (non-hydrogen) atoms. The topological polar surface area (TPSA) is 75.9 Å². The Bertz CT molecular complexity index is 888. The number of para-hydroxylation sites is 1. The number of piperidine rings is 1. The average molecular weight is 376 g/mol. The number of carbonyl (C=O) groups excluding carboxylic acids is 1. The predicted molar refractivity (Wildman–Crippen MR) is 107 cm³/mol. The standard InChI is InChI=1S/C21H24N6O/c28-21(18-7-12-26(13-8-18)20-15-22-10-11-23-20)24-9-6-17-14-25-27(16-17)19-4-2-1-3-5-19/h1-5,10-11,14-16,18H,6-9,12-13H2,(H,24,28). The lowest BCUT2D eigenvalue weighted by molar-refractivity contribution is -0.125. The van der Waals surface area contributed by atoms with Crippen molar-refractivity contribution in [1.82, 2.24) is 25.1 Å². The van der Waals surface area contributed by atoms with Gasteiger partial charge in [0.2, 0.25) is 5.91 Å². The van der Waals surface area contributed by atoms with Crippen molar-refractivity contribution >= 4 is 11.7 Å². The number of hydrogen-bond donors (Lipinski definition) is 1. The second kappa shape index (κ2) is 8.65. The molecule has 1 N–H and O–H groups in total. The molecule has 1 aromatic carbocycles. The molecule has 4 rings (SSSR count). The van der Waals surface area contributed by atoms with Crippen molar-refractivity contribution in [3.8, 4) is 5.69 Å². The summed E-state index contributed by atoms with van der Waals surface area (Å²) >= 11 is 0. The van der Waals surface area contributed by atoms with Crippen LogP contribution in [0.15, 0.2) is 61.3 Å². The van der Waals surface area contributed by atoms with Gasteiger partial charge in [-0.05, 0) is 37.0 Å². The summed E-state index contributed by atoms with van der Waals surface area (Å²) in [4.78, 5) is 23.1. The van der Waals surface area contributed by atoms with E-state index in [0.29, 0.717) is 6.54 Å². The average Bonchev–Trinajstić information content (AvgIpc) is 3.24. The molecule has 0 spiro atoms. The molecule has 0 atom stereocenters. The van der Waals surface area contributed by atoms with E-state index >= 15 is 0 Å². The number of nitrogens with zero attached hydrogens (tertiary/aromatic N) is 5. The van der Waals surface area contributed by atoms with E-state index in [1.165, 1.54) is 0 Å². The molecular weight excluding hydrogens is 352 g/mol. The fourth-order valence-corrected chi connectivity index (χ4v) is 3.51. The largest absolute Gasteiger partial charge is 0.356 e. The van der Waals surface area contributed by atoms with Gasteiger partial charge in [-0.3, -0.25) is 9.78 Å². The van der Waals surface area contributed by atoms with Crippen LogP contribution in [0.4, 0.5) is 5.82 Å². The Morgan fingerprint density at radius 2 is 1.93 bits per heavy atom. The molecule has 1 aliphatic heterocycles. The summed E-state index contributed by atoms with van der Waals surface area (Å²) in [6.07, 6.45) is 11.5. The smallest absolute Gasteiger partial charge is 0.223 e. The summed E-state index contributed by atoms with van der Waals surface area (Å²) < 4.78 is 1.86. The molecule has 2 aromatic heterocycles. The van der Waals surface area contributed by atoms with Crippen LogP contribution < -0.4 is 10.2 Å². The van der Waals surface area contributed by atoms with E-state index in [4.69, 9.17) is 0 Å². The van der Waals surface area contributed by atoms with Crippen LogP contribution in [0.25, 0.3) is 5.69 Å². The minimum absolute atomic E-state index is 0.0694. The van der Waals surface area contributed by atoms with Crippen molar-refractivity contribution in [2.45, 2.75) is 19.3 Å². The second-order valence-electron chi connectivity index (χ2n) is 6.99. The van der Waals surface area contributed by atoms with E-state index in [-0.39, 0.29) is 11.8 Å². The molecule has 3 aromatic rings. The van der Waals surface area contributed by atoms with Crippen LogP contribution in [-0.4, -0.2) is 45.3 Å². The SMILES string of the molecule is O=C(NCCc1cnn(-c2ccccc2)c1)C1CCN(c2cnccn2)CC1. The van der Waals surface area contributed by atoms with Gasteiger partial charge in [0.25, 0.3) is 0 Å². The third-order valence-corrected chi connectivity index (χ3v) is 5.11. The van der Waals surface area contributed by atoms with Crippen LogP contribution >= 0.6 is 0 Å². The number of carbonyl (C=O) groups is 1. The lowest BCUT2D eigenvalue weighted by Gasteiger charge is -2.31. The van der Waals surface area contributed by atoms with E-state index in [2.05, 4.69) is 25.3 Å². The molecule has 7 heteroatoms. The Morgan fingerprint density at radius 3 is 2.68 bits per heavy atom. The predicted octanol–water partition coefficient (Wildman–Crippen LogP) is 2.24. The van der Waals surface area contributed by atoms with Gasteiger partial charge in [0.1, 0.15) is 5.82 Å². The molecule has 144 valence electrons. The van der Waals surface area contributed by atoms with Crippen molar-refractivity contribution in [3.05, 3.63) is 66.9 Å². The van der Waals surface area contributed by atoms with Gasteiger partial charge in [-0.15, -0.1) is 0 Å². The number of benzene rings is 1. The highest BCUT2D eigenvalue weighted by atomic mass is 16.1. The molecule has 7 nitrogen and oxygen atoms in total. The fourth-order valence-electron chi connectivity index (χ4n) is 3.51. The minimum atomic E-state index is 0.0694. The molecule has 0 unspecified atom stereocenters. The Kier molecular flexibility index (Phi) is 5.61. The van der Waals surface area contributed by atoms with Crippen LogP contribution in [0.2, 0.25) is 0 Å². The fraction of sp³-hybridized carbons (Fsp3) is 0.333. The van der Waals surface area contributed by atoms with Gasteiger partial charge >= 0.3 is 0 Å². The van der Waals surface area contributed by atoms with Gasteiger partial charge in [0, 0.05) is 44.1 Å².